The Morgan fingerprint density at radius 1 is 1.20 bits per heavy atom. The van der Waals surface area contributed by atoms with E-state index in [0.717, 1.165) is 18.4 Å². The summed E-state index contributed by atoms with van der Waals surface area (Å²) in [5.41, 5.74) is 3.79. The van der Waals surface area contributed by atoms with Gasteiger partial charge >= 0.3 is 5.97 Å². The number of rotatable bonds is 10. The third kappa shape index (κ3) is 5.55. The van der Waals surface area contributed by atoms with Gasteiger partial charge in [-0.15, -0.1) is 5.10 Å². The number of aromatic nitrogens is 5. The standard InChI is InChI=1S/C32H36N6O5S/c1-20-30(37(2)36-35-20)23-18-25-29(34-19-23)28-24(33-15-7-10-27(39)40)11-12-26(44(3,41)42)32(28)38(25)31(21-8-5-4-6-9-21)22-13-16-43-17-14-22/h4-6,8-9,11-12,18-19,22,31,33H,7,10,13-17H2,1-3H3,(H,39,40)/t31-/m1/s1/i1D3. The van der Waals surface area contributed by atoms with Crippen molar-refractivity contribution in [3.05, 3.63) is 66.0 Å². The van der Waals surface area contributed by atoms with E-state index in [2.05, 4.69) is 15.6 Å². The fourth-order valence-electron chi connectivity index (χ4n) is 6.32. The van der Waals surface area contributed by atoms with Crippen LogP contribution in [0.3, 0.4) is 0 Å². The number of fused-ring (bicyclic) bond motifs is 3. The lowest BCUT2D eigenvalue weighted by Gasteiger charge is -2.33. The zero-order chi connectivity index (χ0) is 33.5. The normalized spacial score (nSPS) is 16.5. The largest absolute Gasteiger partial charge is 0.481 e. The molecule has 5 aromatic rings. The second-order valence-electron chi connectivity index (χ2n) is 11.2. The van der Waals surface area contributed by atoms with Crippen LogP contribution in [0.1, 0.15) is 47.1 Å². The van der Waals surface area contributed by atoms with Crippen molar-refractivity contribution < 1.29 is 27.2 Å². The van der Waals surface area contributed by atoms with E-state index in [0.29, 0.717) is 59.4 Å². The minimum absolute atomic E-state index is 0.0225. The van der Waals surface area contributed by atoms with Gasteiger partial charge < -0.3 is 19.7 Å². The molecule has 2 N–H and O–H groups in total. The number of aryl methyl sites for hydroxylation is 2. The summed E-state index contributed by atoms with van der Waals surface area (Å²) in [7, 11) is -2.14. The Morgan fingerprint density at radius 3 is 2.68 bits per heavy atom. The van der Waals surface area contributed by atoms with E-state index in [1.807, 2.05) is 41.0 Å². The second kappa shape index (κ2) is 12.0. The van der Waals surface area contributed by atoms with Crippen molar-refractivity contribution in [3.8, 4) is 11.3 Å². The van der Waals surface area contributed by atoms with Gasteiger partial charge in [0.1, 0.15) is 0 Å². The van der Waals surface area contributed by atoms with Gasteiger partial charge in [-0.1, -0.05) is 35.5 Å². The van der Waals surface area contributed by atoms with Crippen LogP contribution in [-0.2, 0) is 26.4 Å². The monoisotopic (exact) mass is 619 g/mol. The molecule has 4 heterocycles. The van der Waals surface area contributed by atoms with Crippen molar-refractivity contribution in [3.63, 3.8) is 0 Å². The van der Waals surface area contributed by atoms with E-state index in [9.17, 15) is 18.3 Å². The molecule has 6 rings (SSSR count). The molecule has 0 amide bonds. The summed E-state index contributed by atoms with van der Waals surface area (Å²) in [5, 5.41) is 21.0. The number of aliphatic carboxylic acids is 1. The van der Waals surface area contributed by atoms with E-state index in [1.54, 1.807) is 25.4 Å². The minimum atomic E-state index is -3.76. The predicted octanol–water partition coefficient (Wildman–Crippen LogP) is 4.99. The molecule has 1 aliphatic rings. The molecular weight excluding hydrogens is 580 g/mol. The maximum Gasteiger partial charge on any atom is 0.303 e. The number of hydrogen-bond donors (Lipinski definition) is 2. The Labute approximate surface area is 260 Å². The average Bonchev–Trinajstić information content (AvgIpc) is 3.58. The lowest BCUT2D eigenvalue weighted by atomic mass is 9.86. The number of nitrogens with one attached hydrogen (secondary N) is 1. The highest BCUT2D eigenvalue weighted by Gasteiger charge is 2.33. The van der Waals surface area contributed by atoms with Crippen LogP contribution in [0.5, 0.6) is 0 Å². The summed E-state index contributed by atoms with van der Waals surface area (Å²) in [6, 6.07) is 14.7. The molecule has 2 aromatic carbocycles. The summed E-state index contributed by atoms with van der Waals surface area (Å²) >= 11 is 0. The fraction of sp³-hybridized carbons (Fsp3) is 0.375. The molecule has 230 valence electrons. The molecule has 1 aliphatic heterocycles. The number of carboxylic acid groups (broad SMARTS) is 1. The zero-order valence-electron chi connectivity index (χ0n) is 27.5. The minimum Gasteiger partial charge on any atom is -0.481 e. The van der Waals surface area contributed by atoms with Gasteiger partial charge in [0.05, 0.1) is 44.3 Å². The van der Waals surface area contributed by atoms with Crippen LogP contribution in [-0.4, -0.2) is 70.1 Å². The van der Waals surface area contributed by atoms with Crippen LogP contribution in [0.25, 0.3) is 33.2 Å². The highest BCUT2D eigenvalue weighted by atomic mass is 32.2. The van der Waals surface area contributed by atoms with E-state index in [1.165, 1.54) is 10.9 Å². The summed E-state index contributed by atoms with van der Waals surface area (Å²) in [4.78, 5) is 16.2. The first-order valence-electron chi connectivity index (χ1n) is 16.0. The Kier molecular flexibility index (Phi) is 7.13. The highest BCUT2D eigenvalue weighted by molar-refractivity contribution is 7.91. The topological polar surface area (TPSA) is 141 Å². The zero-order valence-corrected chi connectivity index (χ0v) is 25.3. The summed E-state index contributed by atoms with van der Waals surface area (Å²) < 4.78 is 60.4. The number of sulfone groups is 1. The van der Waals surface area contributed by atoms with E-state index < -0.39 is 22.7 Å². The Morgan fingerprint density at radius 2 is 1.98 bits per heavy atom. The Balaban J connectivity index is 1.72. The van der Waals surface area contributed by atoms with Crippen LogP contribution in [0.2, 0.25) is 0 Å². The highest BCUT2D eigenvalue weighted by Crippen LogP contribution is 2.45. The molecular formula is C32H36N6O5S. The molecule has 0 spiro atoms. The van der Waals surface area contributed by atoms with Crippen LogP contribution in [0.4, 0.5) is 5.69 Å². The first-order valence-corrected chi connectivity index (χ1v) is 16.4. The molecule has 1 atom stereocenters. The van der Waals surface area contributed by atoms with Crippen molar-refractivity contribution in [2.24, 2.45) is 13.0 Å². The fourth-order valence-corrected chi connectivity index (χ4v) is 7.19. The smallest absolute Gasteiger partial charge is 0.303 e. The third-order valence-electron chi connectivity index (χ3n) is 8.26. The van der Waals surface area contributed by atoms with E-state index in [4.69, 9.17) is 13.8 Å². The van der Waals surface area contributed by atoms with Crippen LogP contribution in [0, 0.1) is 12.8 Å². The van der Waals surface area contributed by atoms with Gasteiger partial charge in [0.15, 0.2) is 9.84 Å². The molecule has 44 heavy (non-hydrogen) atoms. The van der Waals surface area contributed by atoms with Crippen molar-refractivity contribution >= 4 is 43.4 Å². The summed E-state index contributed by atoms with van der Waals surface area (Å²) in [5.74, 6) is -0.831. The van der Waals surface area contributed by atoms with Crippen molar-refractivity contribution in [2.75, 3.05) is 31.3 Å². The van der Waals surface area contributed by atoms with Crippen LogP contribution in [0.15, 0.2) is 59.6 Å². The quantitative estimate of drug-likeness (QED) is 0.207. The first-order chi connectivity index (χ1) is 22.4. The van der Waals surface area contributed by atoms with Gasteiger partial charge in [-0.25, -0.2) is 13.1 Å². The van der Waals surface area contributed by atoms with Crippen molar-refractivity contribution in [1.29, 1.82) is 0 Å². The molecule has 11 nitrogen and oxygen atoms in total. The van der Waals surface area contributed by atoms with Crippen LogP contribution >= 0.6 is 0 Å². The SMILES string of the molecule is [2H]C([2H])([2H])c1nnn(C)c1-c1cnc2c3c(NCCCC(=O)O)ccc(S(C)(=O)=O)c3n([C@H](c3ccccc3)C3CCOCC3)c2c1. The van der Waals surface area contributed by atoms with Gasteiger partial charge in [0, 0.05) is 61.0 Å². The van der Waals surface area contributed by atoms with Gasteiger partial charge in [-0.2, -0.15) is 0 Å². The lowest BCUT2D eigenvalue weighted by Crippen LogP contribution is -2.27. The van der Waals surface area contributed by atoms with Gasteiger partial charge in [-0.3, -0.25) is 9.78 Å². The Bertz CT molecular complexity index is 2050. The summed E-state index contributed by atoms with van der Waals surface area (Å²) in [6.07, 6.45) is 4.56. The number of carboxylic acids is 1. The predicted molar refractivity (Wildman–Crippen MR) is 169 cm³/mol. The number of benzene rings is 2. The van der Waals surface area contributed by atoms with Gasteiger partial charge in [0.25, 0.3) is 0 Å². The average molecular weight is 620 g/mol. The molecule has 0 radical (unpaired) electrons. The van der Waals surface area contributed by atoms with Crippen LogP contribution < -0.4 is 5.32 Å². The number of ether oxygens (including phenoxy) is 1. The van der Waals surface area contributed by atoms with Gasteiger partial charge in [-0.05, 0) is 55.8 Å². The number of pyridine rings is 1. The molecule has 0 bridgehead atoms. The van der Waals surface area contributed by atoms with E-state index >= 15 is 0 Å². The summed E-state index contributed by atoms with van der Waals surface area (Å²) in [6.45, 7) is -1.06. The first kappa shape index (κ1) is 26.1. The van der Waals surface area contributed by atoms with Gasteiger partial charge in [0.2, 0.25) is 0 Å². The maximum atomic E-state index is 13.5. The second-order valence-corrected chi connectivity index (χ2v) is 13.2. The number of hydrogen-bond acceptors (Lipinski definition) is 8. The molecule has 3 aromatic heterocycles. The maximum absolute atomic E-state index is 13.5. The van der Waals surface area contributed by atoms with Crippen molar-refractivity contribution in [1.82, 2.24) is 24.5 Å². The molecule has 0 saturated carbocycles. The van der Waals surface area contributed by atoms with Crippen molar-refractivity contribution in [2.45, 2.75) is 43.5 Å². The number of carbonyl (C=O) groups is 1. The number of nitrogens with zero attached hydrogens (tertiary/aromatic N) is 5. The third-order valence-corrected chi connectivity index (χ3v) is 9.39. The molecule has 1 saturated heterocycles. The Hall–Kier alpha value is -4.29. The lowest BCUT2D eigenvalue weighted by molar-refractivity contribution is -0.137. The molecule has 1 fully saturated rings. The molecule has 12 heteroatoms. The molecule has 0 unspecified atom stereocenters. The number of anilines is 1. The molecule has 0 aliphatic carbocycles. The van der Waals surface area contributed by atoms with E-state index in [-0.39, 0.29) is 34.7 Å².